The van der Waals surface area contributed by atoms with Gasteiger partial charge in [0.1, 0.15) is 0 Å². The molecule has 0 saturated carbocycles. The Balaban J connectivity index is 3.72. The van der Waals surface area contributed by atoms with Gasteiger partial charge >= 0.3 is 11.9 Å². The van der Waals surface area contributed by atoms with Crippen molar-refractivity contribution in [3.63, 3.8) is 0 Å². The second-order valence-electron chi connectivity index (χ2n) is 2.99. The number of rotatable bonds is 2. The van der Waals surface area contributed by atoms with E-state index in [1.165, 1.54) is 0 Å². The van der Waals surface area contributed by atoms with Gasteiger partial charge in [-0.05, 0) is 0 Å². The van der Waals surface area contributed by atoms with Crippen LogP contribution in [0.25, 0.3) is 4.85 Å². The van der Waals surface area contributed by atoms with E-state index < -0.39 is 38.6 Å². The largest absolute Gasteiger partial charge is 0.416 e. The van der Waals surface area contributed by atoms with E-state index in [0.717, 1.165) is 0 Å². The topological polar surface area (TPSA) is 90.6 Å². The molecule has 0 aliphatic carbocycles. The fourth-order valence-corrected chi connectivity index (χ4v) is 1.16. The molecule has 0 aliphatic heterocycles. The minimum Gasteiger partial charge on any atom is -0.260 e. The number of alkyl halides is 3. The Morgan fingerprint density at radius 1 is 1.11 bits per heavy atom. The summed E-state index contributed by atoms with van der Waals surface area (Å²) in [4.78, 5) is 21.0. The number of nitrogens with zero attached hydrogens (tertiary/aromatic N) is 3. The van der Waals surface area contributed by atoms with Crippen molar-refractivity contribution in [3.8, 4) is 0 Å². The van der Waals surface area contributed by atoms with Gasteiger partial charge in [0.2, 0.25) is 0 Å². The smallest absolute Gasteiger partial charge is 0.260 e. The van der Waals surface area contributed by atoms with Crippen molar-refractivity contribution < 1.29 is 23.0 Å². The summed E-state index contributed by atoms with van der Waals surface area (Å²) in [5.41, 5.74) is -5.07. The number of nitro groups is 2. The molecule has 0 radical (unpaired) electrons. The third kappa shape index (κ3) is 2.34. The Bertz CT molecular complexity index is 541. The third-order valence-corrected chi connectivity index (χ3v) is 1.90. The van der Waals surface area contributed by atoms with Crippen LogP contribution in [0.4, 0.5) is 30.2 Å². The van der Waals surface area contributed by atoms with Crippen molar-refractivity contribution >= 4 is 17.1 Å². The summed E-state index contributed by atoms with van der Waals surface area (Å²) in [6, 6.07) is 0.195. The van der Waals surface area contributed by atoms with Crippen molar-refractivity contribution in [1.29, 1.82) is 0 Å². The Morgan fingerprint density at radius 2 is 1.50 bits per heavy atom. The van der Waals surface area contributed by atoms with E-state index >= 15 is 0 Å². The highest BCUT2D eigenvalue weighted by Gasteiger charge is 2.37. The van der Waals surface area contributed by atoms with Crippen LogP contribution in [-0.4, -0.2) is 9.85 Å². The first-order chi connectivity index (χ1) is 8.18. The zero-order valence-electron chi connectivity index (χ0n) is 8.26. The molecular weight excluding hydrogens is 259 g/mol. The molecule has 0 bridgehead atoms. The number of hydrogen-bond acceptors (Lipinski definition) is 4. The maximum Gasteiger partial charge on any atom is 0.416 e. The van der Waals surface area contributed by atoms with Crippen LogP contribution in [0.3, 0.4) is 0 Å². The van der Waals surface area contributed by atoms with E-state index in [0.29, 0.717) is 0 Å². The molecule has 0 aromatic heterocycles. The predicted molar refractivity (Wildman–Crippen MR) is 51.0 cm³/mol. The van der Waals surface area contributed by atoms with Crippen molar-refractivity contribution in [3.05, 3.63) is 49.3 Å². The normalized spacial score (nSPS) is 10.8. The van der Waals surface area contributed by atoms with Crippen LogP contribution in [0.1, 0.15) is 5.56 Å². The van der Waals surface area contributed by atoms with Gasteiger partial charge in [0, 0.05) is 12.1 Å². The van der Waals surface area contributed by atoms with Gasteiger partial charge in [0.25, 0.3) is 11.4 Å². The summed E-state index contributed by atoms with van der Waals surface area (Å²) in [5.74, 6) is 0. The molecule has 0 amide bonds. The third-order valence-electron chi connectivity index (χ3n) is 1.90. The molecule has 10 heteroatoms. The lowest BCUT2D eigenvalue weighted by atomic mass is 10.1. The minimum absolute atomic E-state index is 0.0976. The van der Waals surface area contributed by atoms with Crippen molar-refractivity contribution in [2.24, 2.45) is 0 Å². The maximum absolute atomic E-state index is 12.4. The van der Waals surface area contributed by atoms with Crippen LogP contribution >= 0.6 is 0 Å². The first-order valence-corrected chi connectivity index (χ1v) is 4.10. The lowest BCUT2D eigenvalue weighted by Crippen LogP contribution is -2.07. The van der Waals surface area contributed by atoms with Crippen molar-refractivity contribution in [2.75, 3.05) is 0 Å². The second kappa shape index (κ2) is 4.28. The van der Waals surface area contributed by atoms with Gasteiger partial charge in [-0.15, -0.1) is 0 Å². The molecule has 0 atom stereocenters. The molecule has 0 unspecified atom stereocenters. The quantitative estimate of drug-likeness (QED) is 0.464. The summed E-state index contributed by atoms with van der Waals surface area (Å²) in [6.07, 6.45) is -4.98. The molecule has 0 saturated heterocycles. The predicted octanol–water partition coefficient (Wildman–Crippen LogP) is 3.07. The van der Waals surface area contributed by atoms with Crippen molar-refractivity contribution in [1.82, 2.24) is 0 Å². The molecule has 0 N–H and O–H groups in total. The van der Waals surface area contributed by atoms with Crippen LogP contribution in [0.15, 0.2) is 12.1 Å². The van der Waals surface area contributed by atoms with E-state index in [1.54, 1.807) is 0 Å². The second-order valence-corrected chi connectivity index (χ2v) is 2.99. The minimum atomic E-state index is -4.98. The number of nitro benzene ring substituents is 2. The Kier molecular flexibility index (Phi) is 3.18. The zero-order valence-corrected chi connectivity index (χ0v) is 8.26. The standard InChI is InChI=1S/C8H2F3N3O4/c1-12-7-5(13(15)16)2-4(8(9,10)11)3-6(7)14(17)18/h2-3H. The Morgan fingerprint density at radius 3 is 1.72 bits per heavy atom. The summed E-state index contributed by atoms with van der Waals surface area (Å²) in [7, 11) is 0. The summed E-state index contributed by atoms with van der Waals surface area (Å²) >= 11 is 0. The summed E-state index contributed by atoms with van der Waals surface area (Å²) in [6.45, 7) is 6.57. The van der Waals surface area contributed by atoms with Gasteiger partial charge in [-0.3, -0.25) is 20.2 Å². The molecule has 0 fully saturated rings. The molecule has 1 aromatic rings. The highest BCUT2D eigenvalue weighted by molar-refractivity contribution is 5.75. The summed E-state index contributed by atoms with van der Waals surface area (Å²) < 4.78 is 37.2. The Labute approximate surface area is 96.6 Å². The van der Waals surface area contributed by atoms with Gasteiger partial charge in [0.15, 0.2) is 0 Å². The molecule has 0 aliphatic rings. The summed E-state index contributed by atoms with van der Waals surface area (Å²) in [5, 5.41) is 21.0. The van der Waals surface area contributed by atoms with E-state index in [1.807, 2.05) is 0 Å². The fraction of sp³-hybridized carbons (Fsp3) is 0.125. The SMILES string of the molecule is [C-]#[N+]c1c([N+](=O)[O-])cc(C(F)(F)F)cc1[N+](=O)[O-]. The van der Waals surface area contributed by atoms with Crippen molar-refractivity contribution in [2.45, 2.75) is 6.18 Å². The molecule has 7 nitrogen and oxygen atoms in total. The van der Waals surface area contributed by atoms with Crippen LogP contribution < -0.4 is 0 Å². The molecule has 0 spiro atoms. The van der Waals surface area contributed by atoms with E-state index in [4.69, 9.17) is 6.57 Å². The first kappa shape index (κ1) is 13.4. The lowest BCUT2D eigenvalue weighted by molar-refractivity contribution is -0.392. The fourth-order valence-electron chi connectivity index (χ4n) is 1.16. The molecule has 94 valence electrons. The zero-order chi connectivity index (χ0) is 14.1. The number of benzene rings is 1. The van der Waals surface area contributed by atoms with Gasteiger partial charge < -0.3 is 0 Å². The monoisotopic (exact) mass is 261 g/mol. The van der Waals surface area contributed by atoms with Gasteiger partial charge in [-0.1, -0.05) is 0 Å². The van der Waals surface area contributed by atoms with E-state index in [2.05, 4.69) is 4.85 Å². The van der Waals surface area contributed by atoms with E-state index in [-0.39, 0.29) is 12.1 Å². The Hall–Kier alpha value is -2.70. The van der Waals surface area contributed by atoms with Gasteiger partial charge in [-0.2, -0.15) is 13.2 Å². The average Bonchev–Trinajstić information content (AvgIpc) is 2.25. The van der Waals surface area contributed by atoms with Gasteiger partial charge in [-0.25, -0.2) is 4.85 Å². The van der Waals surface area contributed by atoms with Crippen LogP contribution in [0.2, 0.25) is 0 Å². The highest BCUT2D eigenvalue weighted by Crippen LogP contribution is 2.42. The number of hydrogen-bond donors (Lipinski definition) is 0. The molecule has 1 rings (SSSR count). The molecule has 1 aromatic carbocycles. The van der Waals surface area contributed by atoms with Crippen LogP contribution in [0.5, 0.6) is 0 Å². The molecule has 18 heavy (non-hydrogen) atoms. The average molecular weight is 261 g/mol. The molecule has 0 heterocycles. The van der Waals surface area contributed by atoms with E-state index in [9.17, 15) is 33.4 Å². The van der Waals surface area contributed by atoms with Gasteiger partial charge in [0.05, 0.1) is 22.0 Å². The van der Waals surface area contributed by atoms with Crippen LogP contribution in [-0.2, 0) is 6.18 Å². The highest BCUT2D eigenvalue weighted by atomic mass is 19.4. The maximum atomic E-state index is 12.4. The molecular formula is C8H2F3N3O4. The number of halogens is 3. The lowest BCUT2D eigenvalue weighted by Gasteiger charge is -2.07. The first-order valence-electron chi connectivity index (χ1n) is 4.10. The van der Waals surface area contributed by atoms with Crippen LogP contribution in [0, 0.1) is 26.8 Å².